The molecule has 2 aromatic carbocycles. The maximum Gasteiger partial charge on any atom is -0.147 e. The molecule has 0 nitrogen and oxygen atoms in total. The Labute approximate surface area is 203 Å². The summed E-state index contributed by atoms with van der Waals surface area (Å²) in [5, 5.41) is 0. The van der Waals surface area contributed by atoms with Crippen LogP contribution in [0.15, 0.2) is 74.1 Å². The molecule has 0 aromatic heterocycles. The van der Waals surface area contributed by atoms with Crippen molar-refractivity contribution in [2.75, 3.05) is 0 Å². The molecule has 2 aliphatic carbocycles. The number of fused-ring (bicyclic) bond motifs is 1. The van der Waals surface area contributed by atoms with Crippen LogP contribution in [0, 0.1) is 5.92 Å². The first-order chi connectivity index (χ1) is 13.5. The van der Waals surface area contributed by atoms with Gasteiger partial charge in [-0.05, 0) is 0 Å². The molecule has 0 fully saturated rings. The fourth-order valence-electron chi connectivity index (χ4n) is 6.50. The molecule has 166 valence electrons. The molecule has 0 spiro atoms. The Morgan fingerprint density at radius 3 is 1.97 bits per heavy atom. The van der Waals surface area contributed by atoms with Crippen LogP contribution in [0.4, 0.5) is 0 Å². The first-order valence-corrected chi connectivity index (χ1v) is 24.3. The Morgan fingerprint density at radius 1 is 0.806 bits per heavy atom. The molecule has 0 saturated carbocycles. The zero-order chi connectivity index (χ0) is 21.2. The van der Waals surface area contributed by atoms with Crippen molar-refractivity contribution < 1.29 is 17.4 Å². The van der Waals surface area contributed by atoms with Crippen LogP contribution >= 0.6 is 24.8 Å². The average Bonchev–Trinajstić information content (AvgIpc) is 3.12. The molecule has 0 amide bonds. The van der Waals surface area contributed by atoms with E-state index >= 15 is 0 Å². The Hall–Kier alpha value is -0.660. The van der Waals surface area contributed by atoms with Gasteiger partial charge in [-0.15, -0.1) is 24.8 Å². The molecule has 0 aliphatic heterocycles. The topological polar surface area (TPSA) is 0 Å². The van der Waals surface area contributed by atoms with Gasteiger partial charge in [0, 0.05) is 0 Å². The van der Waals surface area contributed by atoms with Crippen molar-refractivity contribution >= 4 is 37.8 Å². The fraction of sp³-hybridized carbons (Fsp3) is 0.333. The zero-order valence-electron chi connectivity index (χ0n) is 19.9. The van der Waals surface area contributed by atoms with E-state index in [9.17, 15) is 0 Å². The quantitative estimate of drug-likeness (QED) is 0.338. The van der Waals surface area contributed by atoms with Crippen LogP contribution in [0.25, 0.3) is 17.2 Å². The van der Waals surface area contributed by atoms with Gasteiger partial charge in [-0.1, -0.05) is 0 Å². The summed E-state index contributed by atoms with van der Waals surface area (Å²) in [7, 11) is 0. The Balaban J connectivity index is 0.00000171. The maximum absolute atomic E-state index is 3.29. The Kier molecular flexibility index (Phi) is 7.67. The van der Waals surface area contributed by atoms with Crippen molar-refractivity contribution in [3.8, 4) is 11.1 Å². The van der Waals surface area contributed by atoms with E-state index in [0.717, 1.165) is 0 Å². The SMILES string of the molecule is CC1=Cc2c(-c3ccccc3)cccc2[CH]1[Zr]([CH3])([CH3])(=[SiH2])[C]1=C(C)C(C)=C(C)C1C.Cl.Cl. The van der Waals surface area contributed by atoms with Crippen LogP contribution in [-0.4, -0.2) is 6.88 Å². The summed E-state index contributed by atoms with van der Waals surface area (Å²) in [6.07, 6.45) is 2.50. The predicted octanol–water partition coefficient (Wildman–Crippen LogP) is 8.25. The average molecular weight is 551 g/mol. The van der Waals surface area contributed by atoms with E-state index in [4.69, 9.17) is 0 Å². The molecular weight excluding hydrogens is 515 g/mol. The molecule has 0 N–H and O–H groups in total. The molecule has 2 aromatic rings. The second-order valence-electron chi connectivity index (χ2n) is 10.4. The second kappa shape index (κ2) is 8.94. The summed E-state index contributed by atoms with van der Waals surface area (Å²) in [6, 6.07) is 17.9. The van der Waals surface area contributed by atoms with Crippen LogP contribution in [0.1, 0.15) is 49.4 Å². The van der Waals surface area contributed by atoms with Gasteiger partial charge in [0.05, 0.1) is 0 Å². The normalized spacial score (nSPS) is 20.8. The van der Waals surface area contributed by atoms with Gasteiger partial charge in [-0.3, -0.25) is 0 Å². The minimum Gasteiger partial charge on any atom is -0.147 e. The number of halogens is 2. The predicted molar refractivity (Wildman–Crippen MR) is 143 cm³/mol. The van der Waals surface area contributed by atoms with E-state index in [2.05, 4.69) is 105 Å². The van der Waals surface area contributed by atoms with Crippen molar-refractivity contribution in [1.29, 1.82) is 0 Å². The molecule has 2 unspecified atom stereocenters. The summed E-state index contributed by atoms with van der Waals surface area (Å²) >= 11 is -3.29. The minimum absolute atomic E-state index is 0. The van der Waals surface area contributed by atoms with Crippen LogP contribution in [0.3, 0.4) is 0 Å². The van der Waals surface area contributed by atoms with Gasteiger partial charge in [0.25, 0.3) is 0 Å². The molecule has 0 bridgehead atoms. The van der Waals surface area contributed by atoms with Crippen molar-refractivity contribution in [2.45, 2.75) is 47.5 Å². The van der Waals surface area contributed by atoms with Crippen LogP contribution in [0.5, 0.6) is 0 Å². The van der Waals surface area contributed by atoms with Crippen LogP contribution in [0.2, 0.25) is 9.26 Å². The molecule has 0 saturated heterocycles. The summed E-state index contributed by atoms with van der Waals surface area (Å²) in [4.78, 5) is 0. The van der Waals surface area contributed by atoms with Crippen LogP contribution in [-0.2, 0) is 17.4 Å². The molecule has 4 heteroatoms. The summed E-state index contributed by atoms with van der Waals surface area (Å²) in [5.41, 5.74) is 12.0. The smallest absolute Gasteiger partial charge is 0.147 e. The van der Waals surface area contributed by atoms with E-state index < -0.39 is 17.4 Å². The van der Waals surface area contributed by atoms with Gasteiger partial charge >= 0.3 is 180 Å². The van der Waals surface area contributed by atoms with E-state index in [1.165, 1.54) is 16.7 Å². The van der Waals surface area contributed by atoms with Gasteiger partial charge in [-0.2, -0.15) is 0 Å². The zero-order valence-corrected chi connectivity index (χ0v) is 25.4. The molecule has 31 heavy (non-hydrogen) atoms. The van der Waals surface area contributed by atoms with Crippen molar-refractivity contribution in [2.24, 2.45) is 5.92 Å². The van der Waals surface area contributed by atoms with Crippen LogP contribution < -0.4 is 0 Å². The third kappa shape index (κ3) is 4.08. The molecule has 0 radical (unpaired) electrons. The van der Waals surface area contributed by atoms with Gasteiger partial charge < -0.3 is 0 Å². The number of rotatable bonds is 3. The monoisotopic (exact) mass is 548 g/mol. The van der Waals surface area contributed by atoms with Gasteiger partial charge in [0.15, 0.2) is 0 Å². The van der Waals surface area contributed by atoms with E-state index in [1.807, 2.05) is 3.28 Å². The molecular formula is C27H36Cl2SiZr. The van der Waals surface area contributed by atoms with Gasteiger partial charge in [0.1, 0.15) is 0 Å². The van der Waals surface area contributed by atoms with Crippen molar-refractivity contribution in [3.05, 3.63) is 85.2 Å². The largest absolute Gasteiger partial charge is 0.147 e. The standard InChI is InChI=1S/C16H13.C9H13.2CH3.2ClH.H2Si.Zr/c1-12-10-14-8-5-9-15(16(14)11-12)13-6-3-2-4-7-13;1-6-5-7(2)9(4)8(6)3;;;;;;/h2-11H,1H3;6H,1-4H3;2*1H3;2*1H;1H2;. The first-order valence-electron chi connectivity index (χ1n) is 10.9. The Bertz CT molecular complexity index is 1180. The van der Waals surface area contributed by atoms with E-state index in [-0.39, 0.29) is 24.8 Å². The summed E-state index contributed by atoms with van der Waals surface area (Å²) in [5.74, 6) is 0.599. The second-order valence-corrected chi connectivity index (χ2v) is 39.8. The third-order valence-electron chi connectivity index (χ3n) is 7.81. The summed E-state index contributed by atoms with van der Waals surface area (Å²) in [6.45, 7) is 14.3. The molecule has 2 aliphatic rings. The number of hydrogen-bond acceptors (Lipinski definition) is 0. The number of benzene rings is 2. The summed E-state index contributed by atoms with van der Waals surface area (Å²) < 4.78 is 7.83. The minimum atomic E-state index is -3.29. The van der Waals surface area contributed by atoms with Gasteiger partial charge in [-0.25, -0.2) is 0 Å². The van der Waals surface area contributed by atoms with Crippen molar-refractivity contribution in [1.82, 2.24) is 0 Å². The molecule has 4 rings (SSSR count). The maximum atomic E-state index is 2.70. The van der Waals surface area contributed by atoms with Gasteiger partial charge in [0.2, 0.25) is 0 Å². The number of hydrogen-bond donors (Lipinski definition) is 0. The third-order valence-corrected chi connectivity index (χ3v) is 25.3. The van der Waals surface area contributed by atoms with E-state index in [1.54, 1.807) is 27.9 Å². The van der Waals surface area contributed by atoms with E-state index in [0.29, 0.717) is 9.54 Å². The molecule has 2 atom stereocenters. The van der Waals surface area contributed by atoms with Crippen molar-refractivity contribution in [3.63, 3.8) is 0 Å². The molecule has 0 heterocycles. The Morgan fingerprint density at radius 2 is 1.42 bits per heavy atom. The fourth-order valence-corrected chi connectivity index (χ4v) is 28.2. The number of allylic oxidation sites excluding steroid dienone is 5. The first kappa shape index (κ1) is 26.6.